The van der Waals surface area contributed by atoms with Crippen LogP contribution in [0.1, 0.15) is 15.9 Å². The maximum absolute atomic E-state index is 13.0. The van der Waals surface area contributed by atoms with E-state index in [-0.39, 0.29) is 38.6 Å². The number of hydrogen-bond acceptors (Lipinski definition) is 7. The van der Waals surface area contributed by atoms with E-state index in [1.165, 1.54) is 37.4 Å². The van der Waals surface area contributed by atoms with Gasteiger partial charge in [-0.1, -0.05) is 53.0 Å². The van der Waals surface area contributed by atoms with Crippen molar-refractivity contribution in [2.75, 3.05) is 19.1 Å². The minimum absolute atomic E-state index is 0.0502. The van der Waals surface area contributed by atoms with Gasteiger partial charge in [0.2, 0.25) is 0 Å². The molecule has 1 heterocycles. The summed E-state index contributed by atoms with van der Waals surface area (Å²) in [5.41, 5.74) is 0.378. The van der Waals surface area contributed by atoms with Gasteiger partial charge in [-0.3, -0.25) is 4.90 Å². The first kappa shape index (κ1) is 26.2. The van der Waals surface area contributed by atoms with Gasteiger partial charge in [-0.05, 0) is 58.5 Å². The first-order valence-corrected chi connectivity index (χ1v) is 11.7. The molecule has 0 spiro atoms. The molecule has 0 aliphatic heterocycles. The molecule has 0 saturated carbocycles. The molecule has 0 bridgehead atoms. The average molecular weight is 563 g/mol. The number of carbonyl (C=O) groups is 2. The third kappa shape index (κ3) is 5.46. The third-order valence-corrected chi connectivity index (χ3v) is 6.19. The van der Waals surface area contributed by atoms with E-state index in [4.69, 9.17) is 44.3 Å². The summed E-state index contributed by atoms with van der Waals surface area (Å²) >= 11 is 18.6. The number of methoxy groups -OCH3 is 1. The number of anilines is 1. The Bertz CT molecular complexity index is 1510. The van der Waals surface area contributed by atoms with Crippen LogP contribution in [0, 0.1) is 0 Å². The number of nitrogens with zero attached hydrogens (tertiary/aromatic N) is 5. The topological polar surface area (TPSA) is 109 Å². The zero-order valence-electron chi connectivity index (χ0n) is 19.4. The number of ether oxygens (including phenoxy) is 2. The predicted octanol–water partition coefficient (Wildman–Crippen LogP) is 4.86. The van der Waals surface area contributed by atoms with Crippen LogP contribution in [0.5, 0.6) is 5.75 Å². The number of tetrazole rings is 1. The van der Waals surface area contributed by atoms with Crippen LogP contribution < -0.4 is 15.3 Å². The summed E-state index contributed by atoms with van der Waals surface area (Å²) in [4.78, 5) is 39.4. The van der Waals surface area contributed by atoms with Crippen LogP contribution in [-0.4, -0.2) is 45.9 Å². The Morgan fingerprint density at radius 3 is 2.24 bits per heavy atom. The van der Waals surface area contributed by atoms with Crippen molar-refractivity contribution in [2.45, 2.75) is 6.61 Å². The Kier molecular flexibility index (Phi) is 7.82. The molecule has 190 valence electrons. The van der Waals surface area contributed by atoms with Crippen molar-refractivity contribution < 1.29 is 19.1 Å². The Hall–Kier alpha value is -3.86. The summed E-state index contributed by atoms with van der Waals surface area (Å²) in [6.45, 7) is 0.0502. The van der Waals surface area contributed by atoms with E-state index >= 15 is 0 Å². The number of aromatic nitrogens is 4. The molecule has 0 radical (unpaired) electrons. The highest BCUT2D eigenvalue weighted by Gasteiger charge is 2.24. The molecule has 4 rings (SSSR count). The molecule has 0 saturated heterocycles. The highest BCUT2D eigenvalue weighted by molar-refractivity contribution is 6.37. The molecule has 1 aromatic heterocycles. The minimum Gasteiger partial charge on any atom is -0.497 e. The van der Waals surface area contributed by atoms with Crippen molar-refractivity contribution >= 4 is 52.5 Å². The van der Waals surface area contributed by atoms with Crippen LogP contribution in [0.15, 0.2) is 65.5 Å². The quantitative estimate of drug-likeness (QED) is 0.244. The summed E-state index contributed by atoms with van der Waals surface area (Å²) in [6.07, 6.45) is 0. The lowest BCUT2D eigenvalue weighted by molar-refractivity contribution is 0.0472. The first-order chi connectivity index (χ1) is 17.7. The molecule has 0 N–H and O–H groups in total. The maximum atomic E-state index is 13.0. The lowest BCUT2D eigenvalue weighted by atomic mass is 10.2. The van der Waals surface area contributed by atoms with Crippen LogP contribution >= 0.6 is 34.8 Å². The van der Waals surface area contributed by atoms with Gasteiger partial charge in [0.25, 0.3) is 0 Å². The fraction of sp³-hybridized carbons (Fsp3) is 0.125. The van der Waals surface area contributed by atoms with Crippen molar-refractivity contribution in [3.05, 3.63) is 97.3 Å². The number of para-hydroxylation sites is 1. The van der Waals surface area contributed by atoms with Crippen molar-refractivity contribution in [3.63, 3.8) is 0 Å². The van der Waals surface area contributed by atoms with E-state index in [0.29, 0.717) is 10.4 Å². The van der Waals surface area contributed by atoms with Crippen molar-refractivity contribution in [1.29, 1.82) is 0 Å². The van der Waals surface area contributed by atoms with Crippen molar-refractivity contribution in [2.24, 2.45) is 0 Å². The molecule has 0 fully saturated rings. The summed E-state index contributed by atoms with van der Waals surface area (Å²) < 4.78 is 11.8. The Morgan fingerprint density at radius 2 is 1.62 bits per heavy atom. The van der Waals surface area contributed by atoms with E-state index in [1.54, 1.807) is 37.4 Å². The van der Waals surface area contributed by atoms with Crippen LogP contribution in [-0.2, 0) is 11.3 Å². The Morgan fingerprint density at radius 1 is 0.946 bits per heavy atom. The monoisotopic (exact) mass is 561 g/mol. The van der Waals surface area contributed by atoms with Gasteiger partial charge >= 0.3 is 17.7 Å². The van der Waals surface area contributed by atoms with Crippen molar-refractivity contribution in [3.8, 4) is 11.4 Å². The summed E-state index contributed by atoms with van der Waals surface area (Å²) in [5.74, 6) is 0.0858. The van der Waals surface area contributed by atoms with E-state index in [2.05, 4.69) is 10.4 Å². The second-order valence-corrected chi connectivity index (χ2v) is 8.81. The maximum Gasteiger partial charge on any atom is 0.377 e. The van der Waals surface area contributed by atoms with Gasteiger partial charge in [0.05, 0.1) is 33.4 Å². The smallest absolute Gasteiger partial charge is 0.377 e. The largest absolute Gasteiger partial charge is 0.497 e. The molecule has 10 nitrogen and oxygen atoms in total. The fourth-order valence-electron chi connectivity index (χ4n) is 3.30. The van der Waals surface area contributed by atoms with Gasteiger partial charge in [0.15, 0.2) is 0 Å². The van der Waals surface area contributed by atoms with E-state index in [9.17, 15) is 14.4 Å². The summed E-state index contributed by atoms with van der Waals surface area (Å²) in [6, 6.07) is 15.1. The molecule has 0 aliphatic carbocycles. The molecule has 1 amide bonds. The SMILES string of the molecule is COc1ccc(COC(=O)c2ccc(N(C)C(=O)n3nnn(-c4c(Cl)cccc4Cl)c3=O)c(Cl)c2)cc1. The van der Waals surface area contributed by atoms with Gasteiger partial charge in [-0.2, -0.15) is 4.68 Å². The fourth-order valence-corrected chi connectivity index (χ4v) is 4.17. The lowest BCUT2D eigenvalue weighted by Crippen LogP contribution is -2.39. The number of hydrogen-bond donors (Lipinski definition) is 0. The molecule has 4 aromatic rings. The molecule has 0 unspecified atom stereocenters. The average Bonchev–Trinajstić information content (AvgIpc) is 3.27. The van der Waals surface area contributed by atoms with Gasteiger partial charge in [-0.15, -0.1) is 4.68 Å². The molecule has 0 atom stereocenters. The molecule has 3 aromatic carbocycles. The highest BCUT2D eigenvalue weighted by Crippen LogP contribution is 2.28. The zero-order valence-corrected chi connectivity index (χ0v) is 21.7. The number of amides is 1. The summed E-state index contributed by atoms with van der Waals surface area (Å²) in [5, 5.41) is 7.74. The van der Waals surface area contributed by atoms with Gasteiger partial charge in [0.1, 0.15) is 18.0 Å². The normalized spacial score (nSPS) is 10.7. The van der Waals surface area contributed by atoms with Gasteiger partial charge in [0, 0.05) is 7.05 Å². The number of rotatable bonds is 6. The van der Waals surface area contributed by atoms with Crippen LogP contribution in [0.3, 0.4) is 0 Å². The number of halogens is 3. The van der Waals surface area contributed by atoms with Crippen LogP contribution in [0.2, 0.25) is 15.1 Å². The zero-order chi connectivity index (χ0) is 26.7. The Labute approximate surface area is 225 Å². The molecule has 0 aliphatic rings. The van der Waals surface area contributed by atoms with Crippen LogP contribution in [0.25, 0.3) is 5.69 Å². The van der Waals surface area contributed by atoms with E-state index in [1.807, 2.05) is 0 Å². The Balaban J connectivity index is 1.50. The molecular weight excluding hydrogens is 545 g/mol. The van der Waals surface area contributed by atoms with E-state index < -0.39 is 17.7 Å². The van der Waals surface area contributed by atoms with Gasteiger partial charge < -0.3 is 9.47 Å². The minimum atomic E-state index is -0.887. The summed E-state index contributed by atoms with van der Waals surface area (Å²) in [7, 11) is 2.95. The van der Waals surface area contributed by atoms with Crippen molar-refractivity contribution in [1.82, 2.24) is 19.8 Å². The second-order valence-electron chi connectivity index (χ2n) is 7.59. The highest BCUT2D eigenvalue weighted by atomic mass is 35.5. The lowest BCUT2D eigenvalue weighted by Gasteiger charge is -2.18. The molecular formula is C24H18Cl3N5O5. The van der Waals surface area contributed by atoms with E-state index in [0.717, 1.165) is 15.1 Å². The molecule has 13 heteroatoms. The standard InChI is InChI=1S/C24H18Cl3N5O5/c1-30(23(34)32-24(35)31(28-29-32)21-17(25)4-3-5-18(21)26)20-11-8-15(12-19(20)27)22(33)37-13-14-6-9-16(36-2)10-7-14/h3-12H,13H2,1-2H3. The number of benzene rings is 3. The first-order valence-electron chi connectivity index (χ1n) is 10.6. The van der Waals surface area contributed by atoms with Crippen LogP contribution in [0.4, 0.5) is 10.5 Å². The molecule has 37 heavy (non-hydrogen) atoms. The predicted molar refractivity (Wildman–Crippen MR) is 138 cm³/mol. The third-order valence-electron chi connectivity index (χ3n) is 5.27. The second kappa shape index (κ2) is 11.0. The number of esters is 1. The van der Waals surface area contributed by atoms with Gasteiger partial charge in [-0.25, -0.2) is 14.4 Å². The number of carbonyl (C=O) groups excluding carboxylic acids is 2.